The van der Waals surface area contributed by atoms with Gasteiger partial charge in [-0.05, 0) is 43.3 Å². The van der Waals surface area contributed by atoms with E-state index in [4.69, 9.17) is 4.74 Å². The molecule has 1 fully saturated rings. The summed E-state index contributed by atoms with van der Waals surface area (Å²) in [7, 11) is -1.82. The zero-order valence-electron chi connectivity index (χ0n) is 17.7. The first-order chi connectivity index (χ1) is 14.9. The standard InChI is InChI=1S/C21H28N4O4S2/c1-17(30-19-8-6-18(29-2)7-9-19)21(26)23-11-16-31(27,28)25-14-12-24(13-15-25)20-5-3-4-10-22-20/h3-10,17H,11-16H2,1-2H3,(H,23,26). The van der Waals surface area contributed by atoms with E-state index >= 15 is 0 Å². The molecule has 0 radical (unpaired) electrons. The van der Waals surface area contributed by atoms with E-state index in [9.17, 15) is 13.2 Å². The lowest BCUT2D eigenvalue weighted by molar-refractivity contribution is -0.120. The van der Waals surface area contributed by atoms with E-state index in [0.29, 0.717) is 26.2 Å². The molecule has 0 spiro atoms. The Morgan fingerprint density at radius 2 is 1.87 bits per heavy atom. The summed E-state index contributed by atoms with van der Waals surface area (Å²) < 4.78 is 31.9. The summed E-state index contributed by atoms with van der Waals surface area (Å²) in [6.07, 6.45) is 1.73. The minimum atomic E-state index is -3.43. The number of thioether (sulfide) groups is 1. The van der Waals surface area contributed by atoms with Crippen LogP contribution in [0.25, 0.3) is 0 Å². The summed E-state index contributed by atoms with van der Waals surface area (Å²) >= 11 is 1.42. The van der Waals surface area contributed by atoms with E-state index in [1.807, 2.05) is 42.5 Å². The van der Waals surface area contributed by atoms with E-state index in [-0.39, 0.29) is 23.5 Å². The van der Waals surface area contributed by atoms with Crippen LogP contribution in [0, 0.1) is 0 Å². The van der Waals surface area contributed by atoms with Crippen LogP contribution >= 0.6 is 11.8 Å². The van der Waals surface area contributed by atoms with Gasteiger partial charge in [-0.1, -0.05) is 6.07 Å². The van der Waals surface area contributed by atoms with Crippen molar-refractivity contribution in [3.8, 4) is 5.75 Å². The number of rotatable bonds is 9. The van der Waals surface area contributed by atoms with Crippen molar-refractivity contribution in [3.63, 3.8) is 0 Å². The van der Waals surface area contributed by atoms with Gasteiger partial charge < -0.3 is 15.0 Å². The number of piperazine rings is 1. The Balaban J connectivity index is 1.42. The molecule has 3 rings (SSSR count). The zero-order valence-corrected chi connectivity index (χ0v) is 19.4. The van der Waals surface area contributed by atoms with Gasteiger partial charge in [0.15, 0.2) is 0 Å². The number of nitrogens with one attached hydrogen (secondary N) is 1. The number of pyridine rings is 1. The van der Waals surface area contributed by atoms with E-state index in [1.165, 1.54) is 16.1 Å². The van der Waals surface area contributed by atoms with Crippen molar-refractivity contribution in [3.05, 3.63) is 48.7 Å². The number of anilines is 1. The lowest BCUT2D eigenvalue weighted by atomic mass is 10.3. The SMILES string of the molecule is COc1ccc(SC(C)C(=O)NCCS(=O)(=O)N2CCN(c3ccccn3)CC2)cc1. The number of benzene rings is 1. The van der Waals surface area contributed by atoms with Crippen LogP contribution in [0.1, 0.15) is 6.92 Å². The number of hydrogen-bond donors (Lipinski definition) is 1. The highest BCUT2D eigenvalue weighted by Gasteiger charge is 2.27. The number of amides is 1. The summed E-state index contributed by atoms with van der Waals surface area (Å²) in [5.41, 5.74) is 0. The van der Waals surface area contributed by atoms with Gasteiger partial charge in [0, 0.05) is 43.8 Å². The van der Waals surface area contributed by atoms with Crippen molar-refractivity contribution in [2.75, 3.05) is 50.5 Å². The van der Waals surface area contributed by atoms with Crippen LogP contribution in [0.15, 0.2) is 53.6 Å². The number of carbonyl (C=O) groups excluding carboxylic acids is 1. The second-order valence-electron chi connectivity index (χ2n) is 7.12. The molecule has 1 aromatic heterocycles. The smallest absolute Gasteiger partial charge is 0.233 e. The summed E-state index contributed by atoms with van der Waals surface area (Å²) in [6, 6.07) is 13.2. The zero-order chi connectivity index (χ0) is 22.3. The minimum absolute atomic E-state index is 0.0924. The summed E-state index contributed by atoms with van der Waals surface area (Å²) in [5.74, 6) is 1.32. The lowest BCUT2D eigenvalue weighted by Gasteiger charge is -2.34. The fourth-order valence-electron chi connectivity index (χ4n) is 3.22. The molecule has 2 heterocycles. The van der Waals surface area contributed by atoms with Crippen LogP contribution in [0.4, 0.5) is 5.82 Å². The van der Waals surface area contributed by atoms with E-state index in [0.717, 1.165) is 16.5 Å². The van der Waals surface area contributed by atoms with Gasteiger partial charge in [0.1, 0.15) is 11.6 Å². The third-order valence-corrected chi connectivity index (χ3v) is 7.99. The largest absolute Gasteiger partial charge is 0.497 e. The Labute approximate surface area is 188 Å². The molecule has 1 aliphatic heterocycles. The second-order valence-corrected chi connectivity index (χ2v) is 10.6. The van der Waals surface area contributed by atoms with Gasteiger partial charge in [-0.2, -0.15) is 4.31 Å². The topological polar surface area (TPSA) is 91.8 Å². The first-order valence-electron chi connectivity index (χ1n) is 10.1. The van der Waals surface area contributed by atoms with Crippen LogP contribution in [0.3, 0.4) is 0 Å². The normalized spacial score (nSPS) is 16.0. The minimum Gasteiger partial charge on any atom is -0.497 e. The van der Waals surface area contributed by atoms with Crippen molar-refractivity contribution < 1.29 is 17.9 Å². The third-order valence-electron chi connectivity index (χ3n) is 5.01. The Kier molecular flexibility index (Phi) is 8.16. The molecule has 1 saturated heterocycles. The Bertz CT molecular complexity index is 947. The monoisotopic (exact) mass is 464 g/mol. The average molecular weight is 465 g/mol. The third kappa shape index (κ3) is 6.59. The number of sulfonamides is 1. The van der Waals surface area contributed by atoms with Crippen LogP contribution in [0.2, 0.25) is 0 Å². The summed E-state index contributed by atoms with van der Waals surface area (Å²) in [6.45, 7) is 3.91. The van der Waals surface area contributed by atoms with E-state index in [2.05, 4.69) is 15.2 Å². The van der Waals surface area contributed by atoms with Crippen LogP contribution in [-0.4, -0.2) is 74.5 Å². The van der Waals surface area contributed by atoms with Gasteiger partial charge in [-0.15, -0.1) is 11.8 Å². The quantitative estimate of drug-likeness (QED) is 0.566. The van der Waals surface area contributed by atoms with Crippen molar-refractivity contribution in [2.24, 2.45) is 0 Å². The van der Waals surface area contributed by atoms with Gasteiger partial charge in [-0.3, -0.25) is 4.79 Å². The number of carbonyl (C=O) groups is 1. The molecule has 8 nitrogen and oxygen atoms in total. The fourth-order valence-corrected chi connectivity index (χ4v) is 5.45. The Hall–Kier alpha value is -2.30. The van der Waals surface area contributed by atoms with Crippen LogP contribution in [-0.2, 0) is 14.8 Å². The molecule has 1 N–H and O–H groups in total. The average Bonchev–Trinajstić information content (AvgIpc) is 2.80. The molecule has 10 heteroatoms. The molecule has 1 aromatic carbocycles. The second kappa shape index (κ2) is 10.8. The molecule has 0 bridgehead atoms. The highest BCUT2D eigenvalue weighted by atomic mass is 32.2. The maximum atomic E-state index is 12.7. The first-order valence-corrected chi connectivity index (χ1v) is 12.6. The maximum absolute atomic E-state index is 12.7. The molecule has 1 unspecified atom stereocenters. The summed E-state index contributed by atoms with van der Waals surface area (Å²) in [4.78, 5) is 19.7. The number of nitrogens with zero attached hydrogens (tertiary/aromatic N) is 3. The van der Waals surface area contributed by atoms with Crippen molar-refractivity contribution in [1.82, 2.24) is 14.6 Å². The van der Waals surface area contributed by atoms with Gasteiger partial charge in [0.2, 0.25) is 15.9 Å². The van der Waals surface area contributed by atoms with Crippen molar-refractivity contribution >= 4 is 33.5 Å². The van der Waals surface area contributed by atoms with Crippen molar-refractivity contribution in [2.45, 2.75) is 17.1 Å². The predicted molar refractivity (Wildman–Crippen MR) is 123 cm³/mol. The lowest BCUT2D eigenvalue weighted by Crippen LogP contribution is -2.50. The van der Waals surface area contributed by atoms with Gasteiger partial charge in [0.25, 0.3) is 0 Å². The molecule has 1 atom stereocenters. The molecular weight excluding hydrogens is 436 g/mol. The van der Waals surface area contributed by atoms with Crippen molar-refractivity contribution in [1.29, 1.82) is 0 Å². The number of methoxy groups -OCH3 is 1. The number of hydrogen-bond acceptors (Lipinski definition) is 7. The highest BCUT2D eigenvalue weighted by molar-refractivity contribution is 8.00. The molecule has 0 saturated carbocycles. The molecular formula is C21H28N4O4S2. The van der Waals surface area contributed by atoms with Gasteiger partial charge in [-0.25, -0.2) is 13.4 Å². The molecule has 168 valence electrons. The predicted octanol–water partition coefficient (Wildman–Crippen LogP) is 1.84. The fraction of sp³-hybridized carbons (Fsp3) is 0.429. The Morgan fingerprint density at radius 1 is 1.16 bits per heavy atom. The van der Waals surface area contributed by atoms with E-state index < -0.39 is 10.0 Å². The van der Waals surface area contributed by atoms with Gasteiger partial charge >= 0.3 is 0 Å². The maximum Gasteiger partial charge on any atom is 0.233 e. The molecule has 2 aromatic rings. The highest BCUT2D eigenvalue weighted by Crippen LogP contribution is 2.25. The molecule has 31 heavy (non-hydrogen) atoms. The molecule has 1 amide bonds. The number of aromatic nitrogens is 1. The van der Waals surface area contributed by atoms with Gasteiger partial charge in [0.05, 0.1) is 18.1 Å². The summed E-state index contributed by atoms with van der Waals surface area (Å²) in [5, 5.41) is 2.41. The number of ether oxygens (including phenoxy) is 1. The molecule has 0 aliphatic carbocycles. The Morgan fingerprint density at radius 3 is 2.48 bits per heavy atom. The van der Waals surface area contributed by atoms with E-state index in [1.54, 1.807) is 20.2 Å². The van der Waals surface area contributed by atoms with Crippen LogP contribution < -0.4 is 15.0 Å². The first kappa shape index (κ1) is 23.4. The van der Waals surface area contributed by atoms with Crippen LogP contribution in [0.5, 0.6) is 5.75 Å². The molecule has 1 aliphatic rings.